The van der Waals surface area contributed by atoms with E-state index in [1.165, 1.54) is 19.1 Å². The summed E-state index contributed by atoms with van der Waals surface area (Å²) in [5.74, 6) is 0. The molecule has 0 saturated carbocycles. The molecule has 0 aliphatic heterocycles. The second-order valence-electron chi connectivity index (χ2n) is 6.02. The molecule has 0 aromatic rings. The molecule has 0 fully saturated rings. The normalized spacial score (nSPS) is 14.1. The third kappa shape index (κ3) is 4.60. The summed E-state index contributed by atoms with van der Waals surface area (Å²) in [7, 11) is -0.233. The monoisotopic (exact) mass is 345 g/mol. The van der Waals surface area contributed by atoms with E-state index in [0.717, 1.165) is 6.71 Å². The van der Waals surface area contributed by atoms with Crippen LogP contribution in [0.4, 0.5) is 0 Å². The van der Waals surface area contributed by atoms with Crippen molar-refractivity contribution in [1.29, 1.82) is 0 Å². The zero-order valence-electron chi connectivity index (χ0n) is 12.7. The van der Waals surface area contributed by atoms with Crippen LogP contribution in [0.1, 0.15) is 27.2 Å². The molecule has 0 bridgehead atoms. The van der Waals surface area contributed by atoms with Gasteiger partial charge in [0.1, 0.15) is 0 Å². The predicted octanol–water partition coefficient (Wildman–Crippen LogP) is 4.94. The molecule has 0 aromatic heterocycles. The Bertz CT molecular complexity index is 237. The Morgan fingerprint density at radius 3 is 1.62 bits per heavy atom. The van der Waals surface area contributed by atoms with Crippen LogP contribution in [-0.4, -0.2) is 33.9 Å². The van der Waals surface area contributed by atoms with E-state index in [2.05, 4.69) is 48.7 Å². The molecule has 0 aliphatic carbocycles. The van der Waals surface area contributed by atoms with Crippen LogP contribution in [-0.2, 0) is 0 Å². The molecule has 0 aliphatic rings. The molecule has 0 nitrogen and oxygen atoms in total. The second-order valence-corrected chi connectivity index (χ2v) is 24.2. The van der Waals surface area contributed by atoms with Gasteiger partial charge in [-0.05, 0) is 0 Å². The third-order valence-electron chi connectivity index (χ3n) is 3.43. The van der Waals surface area contributed by atoms with Crippen LogP contribution < -0.4 is 0 Å². The van der Waals surface area contributed by atoms with Crippen molar-refractivity contribution in [3.8, 4) is 0 Å². The minimum atomic E-state index is -1.86. The van der Waals surface area contributed by atoms with E-state index in [4.69, 9.17) is 0 Å². The third-order valence-corrected chi connectivity index (χ3v) is 19.3. The van der Waals surface area contributed by atoms with Gasteiger partial charge in [-0.2, -0.15) is 0 Å². The van der Waals surface area contributed by atoms with E-state index < -0.39 is 18.4 Å². The fraction of sp³-hybridized carbons (Fsp3) is 0.846. The number of allylic oxidation sites excluding steroid dienone is 1. The minimum absolute atomic E-state index is 0.233. The van der Waals surface area contributed by atoms with Crippen LogP contribution in [0.25, 0.3) is 0 Å². The molecular formula is C13H30BSiSn. The van der Waals surface area contributed by atoms with Gasteiger partial charge in [0, 0.05) is 0 Å². The van der Waals surface area contributed by atoms with Gasteiger partial charge in [-0.15, -0.1) is 0 Å². The van der Waals surface area contributed by atoms with Crippen molar-refractivity contribution in [3.63, 3.8) is 0 Å². The Hall–Kier alpha value is 0.821. The van der Waals surface area contributed by atoms with E-state index in [1.807, 2.05) is 8.68 Å². The maximum absolute atomic E-state index is 2.60. The molecule has 1 radical (unpaired) electrons. The number of rotatable bonds is 6. The molecule has 3 heteroatoms. The SMILES string of the molecule is CCB(CC)/C(CC)=[C](/[Si](C)C)[Sn]([CH3])([CH3])[CH3]. The van der Waals surface area contributed by atoms with Crippen LogP contribution in [0, 0.1) is 0 Å². The Labute approximate surface area is 110 Å². The van der Waals surface area contributed by atoms with Gasteiger partial charge in [0.05, 0.1) is 0 Å². The van der Waals surface area contributed by atoms with Crippen molar-refractivity contribution in [2.24, 2.45) is 0 Å². The first-order valence-corrected chi connectivity index (χ1v) is 19.3. The summed E-state index contributed by atoms with van der Waals surface area (Å²) in [5.41, 5.74) is 1.87. The van der Waals surface area contributed by atoms with E-state index in [0.29, 0.717) is 0 Å². The van der Waals surface area contributed by atoms with E-state index in [-0.39, 0.29) is 8.80 Å². The number of hydrogen-bond acceptors (Lipinski definition) is 0. The summed E-state index contributed by atoms with van der Waals surface area (Å²) in [6.45, 7) is 13.0. The van der Waals surface area contributed by atoms with Crippen molar-refractivity contribution in [1.82, 2.24) is 0 Å². The Morgan fingerprint density at radius 1 is 1.00 bits per heavy atom. The maximum atomic E-state index is 2.60. The topological polar surface area (TPSA) is 0 Å². The van der Waals surface area contributed by atoms with Crippen molar-refractivity contribution in [2.75, 3.05) is 0 Å². The van der Waals surface area contributed by atoms with Crippen LogP contribution in [0.3, 0.4) is 0 Å². The van der Waals surface area contributed by atoms with Gasteiger partial charge in [-0.25, -0.2) is 0 Å². The summed E-state index contributed by atoms with van der Waals surface area (Å²) >= 11 is -1.86. The molecule has 93 valence electrons. The zero-order chi connectivity index (χ0) is 12.9. The zero-order valence-corrected chi connectivity index (χ0v) is 16.6. The van der Waals surface area contributed by atoms with Crippen molar-refractivity contribution in [3.05, 3.63) is 8.68 Å². The Balaban J connectivity index is 5.50. The Morgan fingerprint density at radius 2 is 1.44 bits per heavy atom. The van der Waals surface area contributed by atoms with Crippen LogP contribution in [0.2, 0.25) is 40.6 Å². The molecule has 0 saturated heterocycles. The van der Waals surface area contributed by atoms with E-state index in [9.17, 15) is 0 Å². The predicted molar refractivity (Wildman–Crippen MR) is 84.9 cm³/mol. The van der Waals surface area contributed by atoms with Crippen molar-refractivity contribution in [2.45, 2.75) is 67.7 Å². The molecule has 0 heterocycles. The molecular weight excluding hydrogens is 314 g/mol. The van der Waals surface area contributed by atoms with Crippen LogP contribution in [0.15, 0.2) is 8.68 Å². The average molecular weight is 344 g/mol. The fourth-order valence-electron chi connectivity index (χ4n) is 3.00. The van der Waals surface area contributed by atoms with Crippen molar-refractivity contribution >= 4 is 33.9 Å². The molecule has 16 heavy (non-hydrogen) atoms. The van der Waals surface area contributed by atoms with Crippen LogP contribution >= 0.6 is 0 Å². The quantitative estimate of drug-likeness (QED) is 0.599. The summed E-state index contributed by atoms with van der Waals surface area (Å²) in [5, 5.41) is 0. The fourth-order valence-corrected chi connectivity index (χ4v) is 22.2. The van der Waals surface area contributed by atoms with Crippen molar-refractivity contribution < 1.29 is 0 Å². The molecule has 0 rings (SSSR count). The van der Waals surface area contributed by atoms with Gasteiger partial charge in [0.25, 0.3) is 0 Å². The van der Waals surface area contributed by atoms with Gasteiger partial charge in [-0.1, -0.05) is 0 Å². The average Bonchev–Trinajstić information content (AvgIpc) is 2.15. The summed E-state index contributed by atoms with van der Waals surface area (Å²) in [6.07, 6.45) is 3.96. The molecule has 0 aromatic carbocycles. The van der Waals surface area contributed by atoms with Gasteiger partial charge in [-0.3, -0.25) is 0 Å². The molecule has 0 N–H and O–H groups in total. The van der Waals surface area contributed by atoms with Crippen LogP contribution in [0.5, 0.6) is 0 Å². The van der Waals surface area contributed by atoms with Gasteiger partial charge in [0.2, 0.25) is 0 Å². The standard InChI is InChI=1S/C10H21BSi.3CH3.Sn/c1-6-10(9-12(4)5)11(7-2)8-3;;;;/h6-8H2,1-5H3;3*1H3;. The molecule has 0 unspecified atom stereocenters. The summed E-state index contributed by atoms with van der Waals surface area (Å²) in [4.78, 5) is 7.79. The first-order chi connectivity index (χ1) is 7.29. The van der Waals surface area contributed by atoms with Gasteiger partial charge >= 0.3 is 110 Å². The molecule has 0 spiro atoms. The molecule has 0 amide bonds. The first kappa shape index (κ1) is 16.8. The summed E-state index contributed by atoms with van der Waals surface area (Å²) < 4.78 is 2.01. The summed E-state index contributed by atoms with van der Waals surface area (Å²) in [6, 6.07) is 0. The molecule has 0 atom stereocenters. The Kier molecular flexibility index (Phi) is 7.67. The van der Waals surface area contributed by atoms with Gasteiger partial charge in [0.15, 0.2) is 0 Å². The van der Waals surface area contributed by atoms with E-state index >= 15 is 0 Å². The second kappa shape index (κ2) is 7.30. The van der Waals surface area contributed by atoms with E-state index in [1.54, 1.807) is 0 Å². The number of hydrogen-bond donors (Lipinski definition) is 0. The first-order valence-electron chi connectivity index (χ1n) is 6.83. The van der Waals surface area contributed by atoms with Gasteiger partial charge < -0.3 is 0 Å².